The SMILES string of the molecule is CN(C)CCNC(=O)/C=C/C(=O)N1CCc2c(sc3ncnc(N[C@H](C(=O)O)c4ccccc4)c23)C1. The van der Waals surface area contributed by atoms with Crippen LogP contribution in [0.1, 0.15) is 22.0 Å². The predicted octanol–water partition coefficient (Wildman–Crippen LogP) is 2.05. The highest BCUT2D eigenvalue weighted by Crippen LogP contribution is 2.38. The van der Waals surface area contributed by atoms with Crippen LogP contribution in [0.2, 0.25) is 0 Å². The van der Waals surface area contributed by atoms with Crippen LogP contribution in [0.3, 0.4) is 0 Å². The maximum Gasteiger partial charge on any atom is 0.330 e. The van der Waals surface area contributed by atoms with Crippen molar-refractivity contribution in [2.75, 3.05) is 39.0 Å². The number of benzene rings is 1. The van der Waals surface area contributed by atoms with E-state index in [2.05, 4.69) is 20.6 Å². The lowest BCUT2D eigenvalue weighted by molar-refractivity contribution is -0.138. The minimum Gasteiger partial charge on any atom is -0.479 e. The predicted molar refractivity (Wildman–Crippen MR) is 138 cm³/mol. The summed E-state index contributed by atoms with van der Waals surface area (Å²) in [6.07, 6.45) is 4.56. The van der Waals surface area contributed by atoms with Crippen molar-refractivity contribution < 1.29 is 19.5 Å². The van der Waals surface area contributed by atoms with Crippen LogP contribution in [0.15, 0.2) is 48.8 Å². The average molecular weight is 509 g/mol. The smallest absolute Gasteiger partial charge is 0.330 e. The van der Waals surface area contributed by atoms with Crippen molar-refractivity contribution in [2.24, 2.45) is 0 Å². The highest BCUT2D eigenvalue weighted by Gasteiger charge is 2.27. The lowest BCUT2D eigenvalue weighted by Crippen LogP contribution is -2.35. The maximum atomic E-state index is 12.7. The van der Waals surface area contributed by atoms with Crippen LogP contribution in [0.5, 0.6) is 0 Å². The maximum absolute atomic E-state index is 12.7. The molecular formula is C25H28N6O4S. The van der Waals surface area contributed by atoms with Crippen LogP contribution < -0.4 is 10.6 Å². The first-order valence-corrected chi connectivity index (χ1v) is 12.3. The zero-order valence-electron chi connectivity index (χ0n) is 20.1. The summed E-state index contributed by atoms with van der Waals surface area (Å²) < 4.78 is 0. The lowest BCUT2D eigenvalue weighted by atomic mass is 10.0. The molecule has 36 heavy (non-hydrogen) atoms. The van der Waals surface area contributed by atoms with Gasteiger partial charge in [0.05, 0.1) is 11.9 Å². The fourth-order valence-electron chi connectivity index (χ4n) is 4.01. The molecule has 2 amide bonds. The van der Waals surface area contributed by atoms with Gasteiger partial charge in [-0.25, -0.2) is 14.8 Å². The molecule has 10 nitrogen and oxygen atoms in total. The normalized spacial score (nSPS) is 14.1. The first-order chi connectivity index (χ1) is 17.3. The number of nitrogens with zero attached hydrogens (tertiary/aromatic N) is 4. The third kappa shape index (κ3) is 5.86. The molecule has 0 radical (unpaired) electrons. The molecular weight excluding hydrogens is 480 g/mol. The molecule has 3 N–H and O–H groups in total. The van der Waals surface area contributed by atoms with Gasteiger partial charge in [0.25, 0.3) is 0 Å². The number of fused-ring (bicyclic) bond motifs is 3. The van der Waals surface area contributed by atoms with Gasteiger partial charge < -0.3 is 25.5 Å². The van der Waals surface area contributed by atoms with Crippen LogP contribution in [0.25, 0.3) is 10.2 Å². The molecule has 2 aromatic heterocycles. The van der Waals surface area contributed by atoms with Crippen LogP contribution in [0, 0.1) is 0 Å². The van der Waals surface area contributed by atoms with Gasteiger partial charge in [0.1, 0.15) is 17.0 Å². The number of rotatable bonds is 9. The molecule has 188 valence electrons. The molecule has 4 rings (SSSR count). The molecule has 1 aliphatic rings. The summed E-state index contributed by atoms with van der Waals surface area (Å²) in [5, 5.41) is 16.4. The number of anilines is 1. The number of carboxylic acids is 1. The second-order valence-corrected chi connectivity index (χ2v) is 9.75. The molecule has 0 bridgehead atoms. The summed E-state index contributed by atoms with van der Waals surface area (Å²) in [5.74, 6) is -1.09. The Morgan fingerprint density at radius 1 is 1.19 bits per heavy atom. The molecule has 3 heterocycles. The number of carbonyl (C=O) groups excluding carboxylic acids is 2. The lowest BCUT2D eigenvalue weighted by Gasteiger charge is -2.26. The van der Waals surface area contributed by atoms with Gasteiger partial charge in [-0.3, -0.25) is 9.59 Å². The number of thiophene rings is 1. The first-order valence-electron chi connectivity index (χ1n) is 11.5. The van der Waals surface area contributed by atoms with E-state index >= 15 is 0 Å². The monoisotopic (exact) mass is 508 g/mol. The van der Waals surface area contributed by atoms with Crippen molar-refractivity contribution in [3.8, 4) is 0 Å². The van der Waals surface area contributed by atoms with Crippen LogP contribution in [-0.2, 0) is 27.3 Å². The highest BCUT2D eigenvalue weighted by molar-refractivity contribution is 7.19. The Kier molecular flexibility index (Phi) is 7.91. The molecule has 1 aromatic carbocycles. The van der Waals surface area contributed by atoms with Crippen molar-refractivity contribution in [3.63, 3.8) is 0 Å². The van der Waals surface area contributed by atoms with Gasteiger partial charge in [0, 0.05) is 36.7 Å². The van der Waals surface area contributed by atoms with Crippen LogP contribution >= 0.6 is 11.3 Å². The van der Waals surface area contributed by atoms with E-state index in [-0.39, 0.29) is 11.8 Å². The van der Waals surface area contributed by atoms with Gasteiger partial charge in [-0.2, -0.15) is 0 Å². The van der Waals surface area contributed by atoms with Gasteiger partial charge in [-0.15, -0.1) is 11.3 Å². The zero-order chi connectivity index (χ0) is 25.7. The molecule has 0 aliphatic carbocycles. The Morgan fingerprint density at radius 3 is 2.69 bits per heavy atom. The van der Waals surface area contributed by atoms with Crippen molar-refractivity contribution >= 4 is 45.2 Å². The molecule has 11 heteroatoms. The summed E-state index contributed by atoms with van der Waals surface area (Å²) in [5.41, 5.74) is 1.64. The number of amides is 2. The summed E-state index contributed by atoms with van der Waals surface area (Å²) in [6.45, 7) is 2.08. The van der Waals surface area contributed by atoms with E-state index in [4.69, 9.17) is 0 Å². The van der Waals surface area contributed by atoms with E-state index in [1.807, 2.05) is 25.1 Å². The first kappa shape index (κ1) is 25.3. The molecule has 0 saturated heterocycles. The van der Waals surface area contributed by atoms with Crippen LogP contribution in [-0.4, -0.2) is 76.4 Å². The molecule has 0 unspecified atom stereocenters. The number of aliphatic carboxylic acids is 1. The van der Waals surface area contributed by atoms with Crippen molar-refractivity contribution in [3.05, 3.63) is 64.8 Å². The van der Waals surface area contributed by atoms with E-state index in [1.54, 1.807) is 29.2 Å². The van der Waals surface area contributed by atoms with Crippen molar-refractivity contribution in [1.29, 1.82) is 0 Å². The summed E-state index contributed by atoms with van der Waals surface area (Å²) in [7, 11) is 3.84. The second kappa shape index (κ2) is 11.3. The van der Waals surface area contributed by atoms with Gasteiger partial charge in [-0.05, 0) is 31.6 Å². The topological polar surface area (TPSA) is 128 Å². The van der Waals surface area contributed by atoms with E-state index < -0.39 is 12.0 Å². The number of aromatic nitrogens is 2. The third-order valence-electron chi connectivity index (χ3n) is 5.85. The molecule has 0 fully saturated rings. The standard InChI is InChI=1S/C25H28N6O4S/c1-30(2)13-11-26-19(32)8-9-20(33)31-12-10-17-18(14-31)36-24-21(17)23(27-15-28-24)29-22(25(34)35)16-6-4-3-5-7-16/h3-9,15,22H,10-14H2,1-2H3,(H,26,32)(H,34,35)(H,27,28,29)/b9-8+/t22-/m0/s1. The fourth-order valence-corrected chi connectivity index (χ4v) is 5.21. The van der Waals surface area contributed by atoms with E-state index in [9.17, 15) is 19.5 Å². The Bertz CT molecular complexity index is 1290. The number of carbonyl (C=O) groups is 3. The Morgan fingerprint density at radius 2 is 1.97 bits per heavy atom. The van der Waals surface area contributed by atoms with Gasteiger partial charge in [0.2, 0.25) is 11.8 Å². The minimum atomic E-state index is -1.01. The molecule has 0 saturated carbocycles. The Hall–Kier alpha value is -3.83. The number of likely N-dealkylation sites (N-methyl/N-ethyl adjacent to an activating group) is 1. The van der Waals surface area contributed by atoms with E-state index in [0.717, 1.165) is 20.7 Å². The number of carboxylic acid groups (broad SMARTS) is 1. The van der Waals surface area contributed by atoms with Crippen molar-refractivity contribution in [1.82, 2.24) is 25.1 Å². The summed E-state index contributed by atoms with van der Waals surface area (Å²) >= 11 is 1.46. The number of hydrogen-bond acceptors (Lipinski definition) is 8. The molecule has 3 aromatic rings. The summed E-state index contributed by atoms with van der Waals surface area (Å²) in [4.78, 5) is 50.8. The van der Waals surface area contributed by atoms with Gasteiger partial charge >= 0.3 is 5.97 Å². The Labute approximate surface area is 212 Å². The molecule has 1 aliphatic heterocycles. The Balaban J connectivity index is 1.49. The average Bonchev–Trinajstić information content (AvgIpc) is 3.24. The van der Waals surface area contributed by atoms with Crippen molar-refractivity contribution in [2.45, 2.75) is 19.0 Å². The quantitative estimate of drug-likeness (QED) is 0.375. The zero-order valence-corrected chi connectivity index (χ0v) is 20.9. The number of hydrogen-bond donors (Lipinski definition) is 3. The second-order valence-electron chi connectivity index (χ2n) is 8.67. The number of nitrogens with one attached hydrogen (secondary N) is 2. The summed E-state index contributed by atoms with van der Waals surface area (Å²) in [6, 6.07) is 7.97. The van der Waals surface area contributed by atoms with E-state index in [0.29, 0.717) is 44.0 Å². The van der Waals surface area contributed by atoms with Gasteiger partial charge in [-0.1, -0.05) is 30.3 Å². The molecule has 1 atom stereocenters. The largest absolute Gasteiger partial charge is 0.479 e. The molecule has 0 spiro atoms. The van der Waals surface area contributed by atoms with Gasteiger partial charge in [0.15, 0.2) is 6.04 Å². The van der Waals surface area contributed by atoms with E-state index in [1.165, 1.54) is 29.8 Å². The van der Waals surface area contributed by atoms with Crippen LogP contribution in [0.4, 0.5) is 5.82 Å². The minimum absolute atomic E-state index is 0.236. The fraction of sp³-hybridized carbons (Fsp3) is 0.320. The third-order valence-corrected chi connectivity index (χ3v) is 6.97. The highest BCUT2D eigenvalue weighted by atomic mass is 32.1.